The van der Waals surface area contributed by atoms with E-state index in [1.807, 2.05) is 0 Å². The van der Waals surface area contributed by atoms with Crippen molar-refractivity contribution in [2.75, 3.05) is 23.9 Å². The summed E-state index contributed by atoms with van der Waals surface area (Å²) in [5.41, 5.74) is 1.51. The van der Waals surface area contributed by atoms with Crippen molar-refractivity contribution in [3.63, 3.8) is 0 Å². The smallest absolute Gasteiger partial charge is 0.213 e. The summed E-state index contributed by atoms with van der Waals surface area (Å²) < 4.78 is 0. The monoisotopic (exact) mass is 192 g/mol. The minimum absolute atomic E-state index is 0.722. The van der Waals surface area contributed by atoms with E-state index in [0.717, 1.165) is 24.2 Å². The van der Waals surface area contributed by atoms with E-state index in [1.165, 1.54) is 9.80 Å². The van der Waals surface area contributed by atoms with Crippen LogP contribution in [0.4, 0.5) is 11.4 Å². The van der Waals surface area contributed by atoms with Crippen LogP contribution in [0.25, 0.3) is 0 Å². The summed E-state index contributed by atoms with van der Waals surface area (Å²) in [5, 5.41) is 0. The molecular formula is C10H12N2O2. The molecule has 0 spiro atoms. The van der Waals surface area contributed by atoms with Gasteiger partial charge in [-0.1, -0.05) is 6.07 Å². The van der Waals surface area contributed by atoms with Crippen LogP contribution in [0.5, 0.6) is 0 Å². The van der Waals surface area contributed by atoms with Crippen molar-refractivity contribution < 1.29 is 9.59 Å². The van der Waals surface area contributed by atoms with Crippen LogP contribution >= 0.6 is 0 Å². The second-order valence-electron chi connectivity index (χ2n) is 2.95. The molecule has 0 saturated heterocycles. The standard InChI is InChI=1S/C10H12N2O2/c1-11(7-13)9-4-3-5-10(6-9)12(2)8-14/h3-8H,1-2H3. The number of rotatable bonds is 4. The van der Waals surface area contributed by atoms with Gasteiger partial charge >= 0.3 is 0 Å². The first-order valence-electron chi connectivity index (χ1n) is 4.15. The second kappa shape index (κ2) is 4.41. The maximum atomic E-state index is 10.5. The molecule has 0 fully saturated rings. The third kappa shape index (κ3) is 2.10. The Labute approximate surface area is 82.7 Å². The Morgan fingerprint density at radius 3 is 1.79 bits per heavy atom. The van der Waals surface area contributed by atoms with Gasteiger partial charge in [-0.25, -0.2) is 0 Å². The van der Waals surface area contributed by atoms with Crippen LogP contribution in [0, 0.1) is 0 Å². The Bertz CT molecular complexity index is 309. The van der Waals surface area contributed by atoms with E-state index in [9.17, 15) is 9.59 Å². The van der Waals surface area contributed by atoms with Crippen molar-refractivity contribution in [1.29, 1.82) is 0 Å². The summed E-state index contributed by atoms with van der Waals surface area (Å²) in [7, 11) is 3.32. The number of nitrogens with zero attached hydrogens (tertiary/aromatic N) is 2. The van der Waals surface area contributed by atoms with E-state index >= 15 is 0 Å². The molecule has 0 unspecified atom stereocenters. The zero-order valence-corrected chi connectivity index (χ0v) is 8.18. The highest BCUT2D eigenvalue weighted by molar-refractivity contribution is 5.80. The largest absolute Gasteiger partial charge is 0.318 e. The molecule has 1 aromatic carbocycles. The van der Waals surface area contributed by atoms with Crippen LogP contribution in [0.2, 0.25) is 0 Å². The van der Waals surface area contributed by atoms with Gasteiger partial charge in [0.15, 0.2) is 0 Å². The topological polar surface area (TPSA) is 40.6 Å². The zero-order chi connectivity index (χ0) is 10.6. The lowest BCUT2D eigenvalue weighted by Gasteiger charge is -2.15. The second-order valence-corrected chi connectivity index (χ2v) is 2.95. The summed E-state index contributed by atoms with van der Waals surface area (Å²) in [6.07, 6.45) is 1.44. The van der Waals surface area contributed by atoms with Crippen LogP contribution in [-0.4, -0.2) is 26.9 Å². The summed E-state index contributed by atoms with van der Waals surface area (Å²) in [6, 6.07) is 7.17. The summed E-state index contributed by atoms with van der Waals surface area (Å²) in [4.78, 5) is 23.9. The van der Waals surface area contributed by atoms with Gasteiger partial charge in [0.05, 0.1) is 0 Å². The van der Waals surface area contributed by atoms with Crippen molar-refractivity contribution in [2.24, 2.45) is 0 Å². The molecule has 1 aromatic rings. The SMILES string of the molecule is CN(C=O)c1cccc(N(C)C=O)c1. The summed E-state index contributed by atoms with van der Waals surface area (Å²) in [6.45, 7) is 0. The van der Waals surface area contributed by atoms with E-state index in [4.69, 9.17) is 0 Å². The summed E-state index contributed by atoms with van der Waals surface area (Å²) in [5.74, 6) is 0. The Balaban J connectivity index is 3.00. The van der Waals surface area contributed by atoms with Crippen molar-refractivity contribution in [1.82, 2.24) is 0 Å². The highest BCUT2D eigenvalue weighted by Crippen LogP contribution is 2.19. The zero-order valence-electron chi connectivity index (χ0n) is 8.18. The number of hydrogen-bond acceptors (Lipinski definition) is 2. The van der Waals surface area contributed by atoms with Gasteiger partial charge < -0.3 is 9.80 Å². The molecule has 0 aliphatic rings. The number of carbonyl (C=O) groups is 2. The van der Waals surface area contributed by atoms with Crippen molar-refractivity contribution in [2.45, 2.75) is 0 Å². The number of benzene rings is 1. The fourth-order valence-electron chi connectivity index (χ4n) is 1.05. The van der Waals surface area contributed by atoms with Crippen LogP contribution in [0.3, 0.4) is 0 Å². The molecule has 4 heteroatoms. The molecular weight excluding hydrogens is 180 g/mol. The highest BCUT2D eigenvalue weighted by Gasteiger charge is 2.02. The average Bonchev–Trinajstić information content (AvgIpc) is 2.27. The minimum atomic E-state index is 0.722. The van der Waals surface area contributed by atoms with Crippen LogP contribution in [0.15, 0.2) is 24.3 Å². The maximum Gasteiger partial charge on any atom is 0.213 e. The first-order valence-corrected chi connectivity index (χ1v) is 4.15. The molecule has 0 bridgehead atoms. The third-order valence-electron chi connectivity index (χ3n) is 1.96. The van der Waals surface area contributed by atoms with Crippen molar-refractivity contribution in [3.8, 4) is 0 Å². The highest BCUT2D eigenvalue weighted by atomic mass is 16.1. The van der Waals surface area contributed by atoms with Gasteiger partial charge in [-0.15, -0.1) is 0 Å². The van der Waals surface area contributed by atoms with Gasteiger partial charge in [-0.05, 0) is 18.2 Å². The van der Waals surface area contributed by atoms with E-state index in [1.54, 1.807) is 38.4 Å². The normalized spacial score (nSPS) is 9.29. The lowest BCUT2D eigenvalue weighted by Crippen LogP contribution is -2.16. The molecule has 0 saturated carbocycles. The van der Waals surface area contributed by atoms with Crippen LogP contribution in [0.1, 0.15) is 0 Å². The molecule has 74 valence electrons. The molecule has 0 aromatic heterocycles. The van der Waals surface area contributed by atoms with E-state index < -0.39 is 0 Å². The molecule has 0 aliphatic carbocycles. The van der Waals surface area contributed by atoms with Crippen LogP contribution in [-0.2, 0) is 9.59 Å². The predicted molar refractivity (Wildman–Crippen MR) is 55.4 cm³/mol. The van der Waals surface area contributed by atoms with Crippen molar-refractivity contribution in [3.05, 3.63) is 24.3 Å². The predicted octanol–water partition coefficient (Wildman–Crippen LogP) is 0.872. The van der Waals surface area contributed by atoms with Gasteiger partial charge in [-0.2, -0.15) is 0 Å². The van der Waals surface area contributed by atoms with E-state index in [0.29, 0.717) is 0 Å². The lowest BCUT2D eigenvalue weighted by atomic mass is 10.2. The molecule has 0 atom stereocenters. The Kier molecular flexibility index (Phi) is 3.23. The fourth-order valence-corrected chi connectivity index (χ4v) is 1.05. The molecule has 0 aliphatic heterocycles. The Morgan fingerprint density at radius 2 is 1.43 bits per heavy atom. The maximum absolute atomic E-state index is 10.5. The molecule has 2 amide bonds. The number of carbonyl (C=O) groups excluding carboxylic acids is 2. The quantitative estimate of drug-likeness (QED) is 0.664. The molecule has 0 radical (unpaired) electrons. The van der Waals surface area contributed by atoms with E-state index in [-0.39, 0.29) is 0 Å². The number of anilines is 2. The molecule has 4 nitrogen and oxygen atoms in total. The Morgan fingerprint density at radius 1 is 1.00 bits per heavy atom. The third-order valence-corrected chi connectivity index (χ3v) is 1.96. The molecule has 0 heterocycles. The minimum Gasteiger partial charge on any atom is -0.318 e. The van der Waals surface area contributed by atoms with Crippen LogP contribution < -0.4 is 9.80 Å². The molecule has 0 N–H and O–H groups in total. The van der Waals surface area contributed by atoms with E-state index in [2.05, 4.69) is 0 Å². The van der Waals surface area contributed by atoms with Gasteiger partial charge in [0.25, 0.3) is 0 Å². The van der Waals surface area contributed by atoms with Gasteiger partial charge in [0, 0.05) is 25.5 Å². The Hall–Kier alpha value is -1.84. The number of hydrogen-bond donors (Lipinski definition) is 0. The lowest BCUT2D eigenvalue weighted by molar-refractivity contribution is -0.107. The van der Waals surface area contributed by atoms with Crippen molar-refractivity contribution >= 4 is 24.2 Å². The fraction of sp³-hybridized carbons (Fsp3) is 0.200. The summed E-state index contributed by atoms with van der Waals surface area (Å²) >= 11 is 0. The average molecular weight is 192 g/mol. The number of amides is 2. The molecule has 1 rings (SSSR count). The molecule has 14 heavy (non-hydrogen) atoms. The first kappa shape index (κ1) is 10.2. The van der Waals surface area contributed by atoms with Gasteiger partial charge in [0.2, 0.25) is 12.8 Å². The van der Waals surface area contributed by atoms with Gasteiger partial charge in [-0.3, -0.25) is 9.59 Å². The first-order chi connectivity index (χ1) is 6.69. The van der Waals surface area contributed by atoms with Gasteiger partial charge in [0.1, 0.15) is 0 Å².